The van der Waals surface area contributed by atoms with Gasteiger partial charge in [-0.25, -0.2) is 4.52 Å². The molecular formula is C22H20N4O3. The first-order valence-electron chi connectivity index (χ1n) is 9.55. The summed E-state index contributed by atoms with van der Waals surface area (Å²) in [6, 6.07) is 15.8. The summed E-state index contributed by atoms with van der Waals surface area (Å²) in [5, 5.41) is 8.63. The van der Waals surface area contributed by atoms with Crippen molar-refractivity contribution in [3.8, 4) is 11.1 Å². The fraction of sp³-hybridized carbons (Fsp3) is 0.227. The van der Waals surface area contributed by atoms with Crippen molar-refractivity contribution in [2.45, 2.75) is 13.0 Å². The van der Waals surface area contributed by atoms with Gasteiger partial charge in [0.25, 0.3) is 5.91 Å². The van der Waals surface area contributed by atoms with Crippen molar-refractivity contribution in [2.75, 3.05) is 19.7 Å². The number of rotatable bonds is 3. The fourth-order valence-electron chi connectivity index (χ4n) is 3.62. The van der Waals surface area contributed by atoms with Gasteiger partial charge in [-0.15, -0.1) is 5.10 Å². The first kappa shape index (κ1) is 17.6. The van der Waals surface area contributed by atoms with E-state index in [0.717, 1.165) is 22.3 Å². The van der Waals surface area contributed by atoms with Crippen molar-refractivity contribution < 1.29 is 13.9 Å². The Bertz CT molecular complexity index is 1150. The molecule has 1 unspecified atom stereocenters. The monoisotopic (exact) mass is 388 g/mol. The minimum Gasteiger partial charge on any atom is -0.459 e. The molecule has 1 atom stereocenters. The zero-order valence-electron chi connectivity index (χ0n) is 16.0. The van der Waals surface area contributed by atoms with Crippen molar-refractivity contribution in [3.05, 3.63) is 78.0 Å². The zero-order valence-corrected chi connectivity index (χ0v) is 16.0. The van der Waals surface area contributed by atoms with Gasteiger partial charge in [0.15, 0.2) is 5.76 Å². The summed E-state index contributed by atoms with van der Waals surface area (Å²) in [5.74, 6) is 0.197. The van der Waals surface area contributed by atoms with Crippen molar-refractivity contribution in [1.29, 1.82) is 0 Å². The lowest BCUT2D eigenvalue weighted by Gasteiger charge is -2.31. The van der Waals surface area contributed by atoms with E-state index in [2.05, 4.69) is 47.6 Å². The van der Waals surface area contributed by atoms with E-state index in [-0.39, 0.29) is 12.0 Å². The van der Waals surface area contributed by atoms with Crippen LogP contribution in [0.3, 0.4) is 0 Å². The van der Waals surface area contributed by atoms with E-state index < -0.39 is 0 Å². The molecule has 0 N–H and O–H groups in total. The van der Waals surface area contributed by atoms with Crippen LogP contribution in [0.2, 0.25) is 0 Å². The highest BCUT2D eigenvalue weighted by Crippen LogP contribution is 2.27. The molecule has 29 heavy (non-hydrogen) atoms. The molecule has 1 amide bonds. The standard InChI is InChI=1S/C22H20N4O3/c1-15-4-6-16(7-5-15)17-8-9-18-21(23-24-26(18)13-17)20-14-25(10-12-29-20)22(27)19-3-2-11-28-19/h2-9,11,13,20H,10,12,14H2,1H3. The number of fused-ring (bicyclic) bond motifs is 1. The number of amides is 1. The Hall–Kier alpha value is -3.45. The quantitative estimate of drug-likeness (QED) is 0.537. The molecule has 5 rings (SSSR count). The van der Waals surface area contributed by atoms with Gasteiger partial charge in [-0.05, 0) is 30.7 Å². The zero-order chi connectivity index (χ0) is 19.8. The number of aromatic nitrogens is 3. The Morgan fingerprint density at radius 2 is 1.93 bits per heavy atom. The summed E-state index contributed by atoms with van der Waals surface area (Å²) in [4.78, 5) is 14.3. The van der Waals surface area contributed by atoms with Gasteiger partial charge in [0, 0.05) is 18.3 Å². The topological polar surface area (TPSA) is 72.9 Å². The second kappa shape index (κ2) is 7.18. The summed E-state index contributed by atoms with van der Waals surface area (Å²) < 4.78 is 12.9. The Labute approximate surface area is 167 Å². The molecule has 1 aliphatic rings. The highest BCUT2D eigenvalue weighted by molar-refractivity contribution is 5.91. The van der Waals surface area contributed by atoms with Gasteiger partial charge in [-0.3, -0.25) is 4.79 Å². The molecule has 146 valence electrons. The number of pyridine rings is 1. The van der Waals surface area contributed by atoms with Crippen LogP contribution in [0, 0.1) is 6.92 Å². The van der Waals surface area contributed by atoms with Gasteiger partial charge in [0.05, 0.1) is 24.9 Å². The molecule has 7 nitrogen and oxygen atoms in total. The molecule has 4 aromatic rings. The van der Waals surface area contributed by atoms with Crippen LogP contribution in [0.15, 0.2) is 65.4 Å². The van der Waals surface area contributed by atoms with E-state index in [1.165, 1.54) is 11.8 Å². The second-order valence-electron chi connectivity index (χ2n) is 7.18. The molecule has 1 saturated heterocycles. The lowest BCUT2D eigenvalue weighted by molar-refractivity contribution is -0.0250. The average Bonchev–Trinajstić information content (AvgIpc) is 3.43. The summed E-state index contributed by atoms with van der Waals surface area (Å²) in [6.45, 7) is 3.44. The van der Waals surface area contributed by atoms with Crippen molar-refractivity contribution in [1.82, 2.24) is 19.7 Å². The van der Waals surface area contributed by atoms with Crippen LogP contribution in [0.5, 0.6) is 0 Å². The minimum atomic E-state index is -0.328. The van der Waals surface area contributed by atoms with Crippen molar-refractivity contribution in [3.63, 3.8) is 0 Å². The number of aryl methyl sites for hydroxylation is 1. The molecule has 0 aliphatic carbocycles. The molecule has 7 heteroatoms. The summed E-state index contributed by atoms with van der Waals surface area (Å²) >= 11 is 0. The van der Waals surface area contributed by atoms with E-state index in [9.17, 15) is 4.79 Å². The highest BCUT2D eigenvalue weighted by Gasteiger charge is 2.30. The highest BCUT2D eigenvalue weighted by atomic mass is 16.5. The molecule has 3 aromatic heterocycles. The van der Waals surface area contributed by atoms with Crippen LogP contribution < -0.4 is 0 Å². The van der Waals surface area contributed by atoms with Crippen LogP contribution in [0.4, 0.5) is 0 Å². The number of hydrogen-bond acceptors (Lipinski definition) is 5. The number of nitrogens with zero attached hydrogens (tertiary/aromatic N) is 4. The lowest BCUT2D eigenvalue weighted by atomic mass is 10.1. The Morgan fingerprint density at radius 3 is 2.72 bits per heavy atom. The number of benzene rings is 1. The maximum absolute atomic E-state index is 12.6. The number of morpholine rings is 1. The Morgan fingerprint density at radius 1 is 1.10 bits per heavy atom. The first-order chi connectivity index (χ1) is 14.2. The van der Waals surface area contributed by atoms with Gasteiger partial charge < -0.3 is 14.1 Å². The molecule has 1 aromatic carbocycles. The summed E-state index contributed by atoms with van der Waals surface area (Å²) in [7, 11) is 0. The van der Waals surface area contributed by atoms with Gasteiger partial charge >= 0.3 is 0 Å². The van der Waals surface area contributed by atoms with Crippen LogP contribution in [0.1, 0.15) is 27.9 Å². The lowest BCUT2D eigenvalue weighted by Crippen LogP contribution is -2.42. The van der Waals surface area contributed by atoms with Gasteiger partial charge in [-0.2, -0.15) is 0 Å². The van der Waals surface area contributed by atoms with Crippen LogP contribution in [0.25, 0.3) is 16.6 Å². The van der Waals surface area contributed by atoms with E-state index in [1.54, 1.807) is 21.5 Å². The third kappa shape index (κ3) is 3.30. The average molecular weight is 388 g/mol. The normalized spacial score (nSPS) is 17.0. The van der Waals surface area contributed by atoms with Crippen LogP contribution in [-0.4, -0.2) is 45.3 Å². The van der Waals surface area contributed by atoms with Gasteiger partial charge in [0.1, 0.15) is 11.8 Å². The molecule has 1 fully saturated rings. The molecule has 1 aliphatic heterocycles. The minimum absolute atomic E-state index is 0.138. The van der Waals surface area contributed by atoms with Crippen LogP contribution in [-0.2, 0) is 4.74 Å². The second-order valence-corrected chi connectivity index (χ2v) is 7.18. The first-order valence-corrected chi connectivity index (χ1v) is 9.55. The number of hydrogen-bond donors (Lipinski definition) is 0. The van der Waals surface area contributed by atoms with E-state index in [0.29, 0.717) is 25.5 Å². The predicted molar refractivity (Wildman–Crippen MR) is 106 cm³/mol. The fourth-order valence-corrected chi connectivity index (χ4v) is 3.62. The third-order valence-corrected chi connectivity index (χ3v) is 5.22. The maximum Gasteiger partial charge on any atom is 0.289 e. The number of carbonyl (C=O) groups is 1. The molecule has 4 heterocycles. The molecular weight excluding hydrogens is 368 g/mol. The third-order valence-electron chi connectivity index (χ3n) is 5.22. The summed E-state index contributed by atoms with van der Waals surface area (Å²) in [6.07, 6.45) is 3.14. The Balaban J connectivity index is 1.41. The number of carbonyl (C=O) groups excluding carboxylic acids is 1. The SMILES string of the molecule is Cc1ccc(-c2ccc3c(C4CN(C(=O)c5ccco5)CCO4)nnn3c2)cc1. The van der Waals surface area contributed by atoms with E-state index in [4.69, 9.17) is 9.15 Å². The smallest absolute Gasteiger partial charge is 0.289 e. The van der Waals surface area contributed by atoms with Crippen molar-refractivity contribution in [2.24, 2.45) is 0 Å². The van der Waals surface area contributed by atoms with Crippen molar-refractivity contribution >= 4 is 11.4 Å². The molecule has 0 spiro atoms. The summed E-state index contributed by atoms with van der Waals surface area (Å²) in [5.41, 5.74) is 5.02. The maximum atomic E-state index is 12.6. The molecule has 0 radical (unpaired) electrons. The largest absolute Gasteiger partial charge is 0.459 e. The van der Waals surface area contributed by atoms with Gasteiger partial charge in [0.2, 0.25) is 0 Å². The van der Waals surface area contributed by atoms with Gasteiger partial charge in [-0.1, -0.05) is 41.1 Å². The number of furan rings is 1. The van der Waals surface area contributed by atoms with E-state index >= 15 is 0 Å². The predicted octanol–water partition coefficient (Wildman–Crippen LogP) is 3.51. The number of ether oxygens (including phenoxy) is 1. The van der Waals surface area contributed by atoms with E-state index in [1.807, 2.05) is 12.3 Å². The Kier molecular flexibility index (Phi) is 4.37. The molecule has 0 bridgehead atoms. The molecule has 0 saturated carbocycles. The van der Waals surface area contributed by atoms with Crippen LogP contribution >= 0.6 is 0 Å².